The molecule has 4 nitrogen and oxygen atoms in total. The minimum Gasteiger partial charge on any atom is -0.508 e. The number of benzene rings is 3. The largest absolute Gasteiger partial charge is 0.508 e. The highest BCUT2D eigenvalue weighted by atomic mass is 32.1. The summed E-state index contributed by atoms with van der Waals surface area (Å²) in [7, 11) is 0. The van der Waals surface area contributed by atoms with E-state index in [0.29, 0.717) is 5.75 Å². The van der Waals surface area contributed by atoms with Gasteiger partial charge in [0.1, 0.15) is 11.5 Å². The third-order valence-electron chi connectivity index (χ3n) is 4.54. The topological polar surface area (TPSA) is 66.8 Å². The predicted molar refractivity (Wildman–Crippen MR) is 117 cm³/mol. The van der Waals surface area contributed by atoms with Crippen molar-refractivity contribution >= 4 is 33.5 Å². The first-order valence-corrected chi connectivity index (χ1v) is 9.83. The second kappa shape index (κ2) is 7.81. The molecular formula is C24H18O4S. The van der Waals surface area contributed by atoms with Gasteiger partial charge in [-0.1, -0.05) is 36.4 Å². The Kier molecular flexibility index (Phi) is 5.06. The zero-order valence-corrected chi connectivity index (χ0v) is 16.4. The van der Waals surface area contributed by atoms with E-state index in [-0.39, 0.29) is 5.75 Å². The molecule has 5 heteroatoms. The second-order valence-electron chi connectivity index (χ2n) is 6.60. The Morgan fingerprint density at radius 2 is 1.79 bits per heavy atom. The van der Waals surface area contributed by atoms with Crippen LogP contribution in [0.3, 0.4) is 0 Å². The van der Waals surface area contributed by atoms with E-state index in [9.17, 15) is 9.90 Å². The molecule has 0 aliphatic rings. The van der Waals surface area contributed by atoms with Crippen LogP contribution in [0.15, 0.2) is 72.8 Å². The van der Waals surface area contributed by atoms with Crippen LogP contribution in [0.5, 0.6) is 17.2 Å². The number of aryl methyl sites for hydroxylation is 1. The Hall–Kier alpha value is -3.57. The maximum absolute atomic E-state index is 10.7. The maximum atomic E-state index is 10.7. The first-order valence-electron chi connectivity index (χ1n) is 9.02. The lowest BCUT2D eigenvalue weighted by Gasteiger charge is -2.10. The van der Waals surface area contributed by atoms with E-state index in [2.05, 4.69) is 19.1 Å². The number of ether oxygens (including phenoxy) is 1. The minimum atomic E-state index is -0.985. The standard InChI is InChI=1S/C24H18O4S/c1-15-4-2-3-5-19(15)24-23(20-12-9-17(25)14-21(20)29-24)28-18-10-6-16(7-11-18)8-13-22(26)27/h2-14,25H,1H3,(H,26,27)/b13-8+. The van der Waals surface area contributed by atoms with Crippen molar-refractivity contribution in [3.8, 4) is 27.7 Å². The number of carboxylic acids is 1. The maximum Gasteiger partial charge on any atom is 0.328 e. The lowest BCUT2D eigenvalue weighted by atomic mass is 10.1. The lowest BCUT2D eigenvalue weighted by Crippen LogP contribution is -1.88. The van der Waals surface area contributed by atoms with Crippen LogP contribution in [0, 0.1) is 6.92 Å². The van der Waals surface area contributed by atoms with Crippen molar-refractivity contribution in [3.63, 3.8) is 0 Å². The molecule has 0 spiro atoms. The molecule has 0 aliphatic carbocycles. The van der Waals surface area contributed by atoms with Crippen LogP contribution in [-0.4, -0.2) is 16.2 Å². The molecular weight excluding hydrogens is 384 g/mol. The molecule has 0 atom stereocenters. The molecule has 1 heterocycles. The fraction of sp³-hybridized carbons (Fsp3) is 0.0417. The number of fused-ring (bicyclic) bond motifs is 1. The van der Waals surface area contributed by atoms with Gasteiger partial charge in [-0.15, -0.1) is 11.3 Å². The average molecular weight is 402 g/mol. The van der Waals surface area contributed by atoms with Gasteiger partial charge < -0.3 is 14.9 Å². The molecule has 0 saturated heterocycles. The molecule has 0 aliphatic heterocycles. The fourth-order valence-corrected chi connectivity index (χ4v) is 4.35. The highest BCUT2D eigenvalue weighted by molar-refractivity contribution is 7.22. The molecule has 0 radical (unpaired) electrons. The van der Waals surface area contributed by atoms with Crippen LogP contribution in [0.2, 0.25) is 0 Å². The van der Waals surface area contributed by atoms with Gasteiger partial charge in [0.05, 0.1) is 4.88 Å². The number of aliphatic carboxylic acids is 1. The molecule has 4 aromatic rings. The molecule has 0 amide bonds. The second-order valence-corrected chi connectivity index (χ2v) is 7.65. The number of thiophene rings is 1. The number of aromatic hydroxyl groups is 1. The quantitative estimate of drug-likeness (QED) is 0.375. The number of hydrogen-bond donors (Lipinski definition) is 2. The van der Waals surface area contributed by atoms with Crippen LogP contribution < -0.4 is 4.74 Å². The molecule has 0 fully saturated rings. The van der Waals surface area contributed by atoms with E-state index in [4.69, 9.17) is 9.84 Å². The zero-order chi connectivity index (χ0) is 20.4. The summed E-state index contributed by atoms with van der Waals surface area (Å²) in [6, 6.07) is 20.6. The van der Waals surface area contributed by atoms with Gasteiger partial charge in [0.2, 0.25) is 0 Å². The monoisotopic (exact) mass is 402 g/mol. The van der Waals surface area contributed by atoms with Crippen molar-refractivity contribution in [2.45, 2.75) is 6.92 Å². The Morgan fingerprint density at radius 1 is 1.03 bits per heavy atom. The van der Waals surface area contributed by atoms with Gasteiger partial charge >= 0.3 is 5.97 Å². The third-order valence-corrected chi connectivity index (χ3v) is 5.70. The number of carboxylic acid groups (broad SMARTS) is 1. The first kappa shape index (κ1) is 18.8. The SMILES string of the molecule is Cc1ccccc1-c1sc2cc(O)ccc2c1Oc1ccc(/C=C/C(=O)O)cc1. The Bertz CT molecular complexity index is 1220. The number of phenols is 1. The van der Waals surface area contributed by atoms with E-state index in [1.807, 2.05) is 42.5 Å². The normalized spacial score (nSPS) is 11.2. The Labute approximate surface area is 172 Å². The van der Waals surface area contributed by atoms with Crippen LogP contribution in [0.25, 0.3) is 26.6 Å². The molecule has 3 aromatic carbocycles. The Balaban J connectivity index is 1.77. The van der Waals surface area contributed by atoms with E-state index < -0.39 is 5.97 Å². The summed E-state index contributed by atoms with van der Waals surface area (Å²) >= 11 is 1.58. The summed E-state index contributed by atoms with van der Waals surface area (Å²) in [6.45, 7) is 2.06. The third kappa shape index (κ3) is 4.00. The summed E-state index contributed by atoms with van der Waals surface area (Å²) in [5.41, 5.74) is 3.01. The number of rotatable bonds is 5. The van der Waals surface area contributed by atoms with Crippen molar-refractivity contribution in [3.05, 3.63) is 83.9 Å². The van der Waals surface area contributed by atoms with Crippen molar-refractivity contribution < 1.29 is 19.7 Å². The zero-order valence-electron chi connectivity index (χ0n) is 15.6. The molecule has 1 aromatic heterocycles. The molecule has 144 valence electrons. The van der Waals surface area contributed by atoms with Gasteiger partial charge in [-0.05, 0) is 60.0 Å². The lowest BCUT2D eigenvalue weighted by molar-refractivity contribution is -0.131. The van der Waals surface area contributed by atoms with Crippen LogP contribution in [0.4, 0.5) is 0 Å². The smallest absolute Gasteiger partial charge is 0.328 e. The molecule has 4 rings (SSSR count). The van der Waals surface area contributed by atoms with E-state index >= 15 is 0 Å². The summed E-state index contributed by atoms with van der Waals surface area (Å²) < 4.78 is 7.22. The molecule has 0 saturated carbocycles. The van der Waals surface area contributed by atoms with Crippen molar-refractivity contribution in [1.82, 2.24) is 0 Å². The van der Waals surface area contributed by atoms with E-state index in [1.165, 1.54) is 6.08 Å². The van der Waals surface area contributed by atoms with Gasteiger partial charge in [0, 0.05) is 16.2 Å². The van der Waals surface area contributed by atoms with Gasteiger partial charge in [0.15, 0.2) is 5.75 Å². The van der Waals surface area contributed by atoms with Gasteiger partial charge in [-0.3, -0.25) is 0 Å². The Morgan fingerprint density at radius 3 is 2.52 bits per heavy atom. The van der Waals surface area contributed by atoms with Gasteiger partial charge in [-0.25, -0.2) is 4.79 Å². The highest BCUT2D eigenvalue weighted by Gasteiger charge is 2.18. The summed E-state index contributed by atoms with van der Waals surface area (Å²) in [5.74, 6) is 0.630. The molecule has 29 heavy (non-hydrogen) atoms. The van der Waals surface area contributed by atoms with Crippen LogP contribution in [-0.2, 0) is 4.79 Å². The number of phenolic OH excluding ortho intramolecular Hbond substituents is 1. The van der Waals surface area contributed by atoms with E-state index in [1.54, 1.807) is 23.5 Å². The summed E-state index contributed by atoms with van der Waals surface area (Å²) in [6.07, 6.45) is 2.64. The van der Waals surface area contributed by atoms with Crippen LogP contribution >= 0.6 is 11.3 Å². The first-order chi connectivity index (χ1) is 14.0. The summed E-state index contributed by atoms with van der Waals surface area (Å²) in [5, 5.41) is 19.6. The van der Waals surface area contributed by atoms with Gasteiger partial charge in [-0.2, -0.15) is 0 Å². The van der Waals surface area contributed by atoms with Gasteiger partial charge in [0.25, 0.3) is 0 Å². The predicted octanol–water partition coefficient (Wildman–Crippen LogP) is 6.47. The minimum absolute atomic E-state index is 0.219. The van der Waals surface area contributed by atoms with E-state index in [0.717, 1.165) is 43.5 Å². The van der Waals surface area contributed by atoms with Crippen LogP contribution in [0.1, 0.15) is 11.1 Å². The number of carbonyl (C=O) groups is 1. The van der Waals surface area contributed by atoms with Crippen molar-refractivity contribution in [1.29, 1.82) is 0 Å². The van der Waals surface area contributed by atoms with Crippen molar-refractivity contribution in [2.75, 3.05) is 0 Å². The van der Waals surface area contributed by atoms with Crippen molar-refractivity contribution in [2.24, 2.45) is 0 Å². The molecule has 0 bridgehead atoms. The summed E-state index contributed by atoms with van der Waals surface area (Å²) in [4.78, 5) is 11.7. The number of hydrogen-bond acceptors (Lipinski definition) is 4. The highest BCUT2D eigenvalue weighted by Crippen LogP contribution is 2.47. The molecule has 2 N–H and O–H groups in total. The average Bonchev–Trinajstić information content (AvgIpc) is 3.05. The fourth-order valence-electron chi connectivity index (χ4n) is 3.10. The molecule has 0 unspecified atom stereocenters.